The molecule has 5 unspecified atom stereocenters. The Morgan fingerprint density at radius 3 is 2.48 bits per heavy atom. The lowest BCUT2D eigenvalue weighted by atomic mass is 10.0. The number of nitrogen functional groups attached to an aromatic ring is 1. The van der Waals surface area contributed by atoms with Gasteiger partial charge in [0.2, 0.25) is 11.7 Å². The number of hydrogen-bond acceptors (Lipinski definition) is 19. The van der Waals surface area contributed by atoms with Crippen LogP contribution in [0, 0.1) is 6.92 Å². The number of ether oxygens (including phenoxy) is 4. The van der Waals surface area contributed by atoms with Crippen molar-refractivity contribution < 1.29 is 79.8 Å². The van der Waals surface area contributed by atoms with Crippen molar-refractivity contribution in [2.24, 2.45) is 7.05 Å². The van der Waals surface area contributed by atoms with E-state index < -0.39 is 103 Å². The second-order valence-electron chi connectivity index (χ2n) is 12.4. The summed E-state index contributed by atoms with van der Waals surface area (Å²) in [6, 6.07) is 0. The Hall–Kier alpha value is -3.33. The van der Waals surface area contributed by atoms with Crippen LogP contribution in [0.5, 0.6) is 0 Å². The number of nitrogens with two attached hydrogens (primary N) is 1. The zero-order valence-corrected chi connectivity index (χ0v) is 30.6. The van der Waals surface area contributed by atoms with Crippen molar-refractivity contribution in [1.82, 2.24) is 34.1 Å². The summed E-state index contributed by atoms with van der Waals surface area (Å²) in [5.74, 6) is 0.0167. The molecular weight excluding hydrogens is 795 g/mol. The minimum Gasteiger partial charge on any atom is -0.387 e. The van der Waals surface area contributed by atoms with E-state index in [0.717, 1.165) is 0 Å². The topological polar surface area (TPSA) is 370 Å². The average Bonchev–Trinajstić information content (AvgIpc) is 3.84. The molecule has 296 valence electrons. The van der Waals surface area contributed by atoms with Crippen molar-refractivity contribution in [2.45, 2.75) is 55.5 Å². The van der Waals surface area contributed by atoms with Crippen LogP contribution in [0.3, 0.4) is 0 Å². The molecule has 4 aromatic heterocycles. The Morgan fingerprint density at radius 1 is 1.07 bits per heavy atom. The molecule has 3 aliphatic heterocycles. The highest BCUT2D eigenvalue weighted by molar-refractivity contribution is 7.66. The molecule has 4 aromatic rings. The summed E-state index contributed by atoms with van der Waals surface area (Å²) in [6.45, 7) is -0.784. The standard InChI is InChI=1S/C24H32N9O18P3/c1-9-27-17-11(19(36)28-9)26-7-32(17)21-13(34)14(44-3)10(48-21)4-46-52(38,39)50-54(42,43)51-53(40,41)47-6-24-5-45-15(16(24)35)22(49-24)33-8-31(2)12-18(33)29-23(25)30-20(12)37/h7-8,10,13-16,21-22,34-35H,4-6H2,1-3H3,(H6-,25,27,28,29,30,36,37,38,39,40,41,42,43)/p+1/t10-,13+,14?,15?,16-,21-,22-,24-/m1/s1. The Bertz CT molecular complexity index is 2380. The van der Waals surface area contributed by atoms with Crippen LogP contribution in [-0.2, 0) is 57.4 Å². The first-order chi connectivity index (χ1) is 25.2. The van der Waals surface area contributed by atoms with Crippen molar-refractivity contribution in [2.75, 3.05) is 32.7 Å². The average molecular weight is 828 g/mol. The zero-order chi connectivity index (χ0) is 39.1. The molecule has 54 heavy (non-hydrogen) atoms. The minimum absolute atomic E-state index is 0.0417. The van der Waals surface area contributed by atoms with E-state index in [4.69, 9.17) is 33.7 Å². The first-order valence-electron chi connectivity index (χ1n) is 15.5. The second kappa shape index (κ2) is 13.7. The molecule has 0 saturated carbocycles. The number of anilines is 1. The number of nitrogens with zero attached hydrogens (tertiary/aromatic N) is 6. The Kier molecular flexibility index (Phi) is 9.88. The second-order valence-corrected chi connectivity index (χ2v) is 17.1. The van der Waals surface area contributed by atoms with E-state index >= 15 is 0 Å². The van der Waals surface area contributed by atoms with Crippen LogP contribution in [0.1, 0.15) is 18.3 Å². The highest BCUT2D eigenvalue weighted by Gasteiger charge is 2.64. The minimum atomic E-state index is -5.96. The Balaban J connectivity index is 0.977. The molecule has 7 heterocycles. The van der Waals surface area contributed by atoms with Crippen molar-refractivity contribution in [3.8, 4) is 0 Å². The summed E-state index contributed by atoms with van der Waals surface area (Å²) >= 11 is 0. The predicted molar refractivity (Wildman–Crippen MR) is 172 cm³/mol. The van der Waals surface area contributed by atoms with Gasteiger partial charge in [0, 0.05) is 7.11 Å². The number of aromatic nitrogens is 8. The number of phosphoric ester groups is 2. The summed E-state index contributed by atoms with van der Waals surface area (Å²) in [6.07, 6.45) is -6.57. The van der Waals surface area contributed by atoms with Gasteiger partial charge < -0.3 is 54.6 Å². The fourth-order valence-electron chi connectivity index (χ4n) is 6.47. The number of imidazole rings is 2. The summed E-state index contributed by atoms with van der Waals surface area (Å²) in [5.41, 5.74) is 2.83. The summed E-state index contributed by atoms with van der Waals surface area (Å²) < 4.78 is 82.6. The molecule has 3 saturated heterocycles. The molecule has 30 heteroatoms. The summed E-state index contributed by atoms with van der Waals surface area (Å²) in [5, 5.41) is 21.9. The van der Waals surface area contributed by atoms with Crippen LogP contribution >= 0.6 is 23.5 Å². The number of aromatic amines is 2. The van der Waals surface area contributed by atoms with Gasteiger partial charge >= 0.3 is 29.1 Å². The van der Waals surface area contributed by atoms with E-state index in [2.05, 4.69) is 33.5 Å². The van der Waals surface area contributed by atoms with Crippen molar-refractivity contribution in [3.05, 3.63) is 39.2 Å². The number of aryl methyl sites for hydroxylation is 2. The first-order valence-corrected chi connectivity index (χ1v) is 20.0. The number of H-pyrrole nitrogens is 2. The van der Waals surface area contributed by atoms with Crippen LogP contribution in [0.25, 0.3) is 22.3 Å². The van der Waals surface area contributed by atoms with E-state index in [-0.39, 0.29) is 34.1 Å². The lowest BCUT2D eigenvalue weighted by molar-refractivity contribution is -0.752. The maximum Gasteiger partial charge on any atom is 0.490 e. The van der Waals surface area contributed by atoms with Crippen LogP contribution in [0.2, 0.25) is 0 Å². The SMILES string of the molecule is COC1[C@@H](COP(=O)(O)OP(=O)(O)OP(=O)(O)OC[C@@]23COC([C@H]([n+]4cn(C)c5c(=O)[nH]c(N)nc54)O2)[C@H]3O)O[C@@H](n2cnc3c(=O)[nH]c(C)nc32)[C@H]1O. The smallest absolute Gasteiger partial charge is 0.387 e. The molecule has 11 atom stereocenters. The van der Waals surface area contributed by atoms with E-state index in [1.807, 2.05) is 0 Å². The fourth-order valence-corrected chi connectivity index (χ4v) is 10.0. The lowest BCUT2D eigenvalue weighted by Gasteiger charge is -2.29. The van der Waals surface area contributed by atoms with E-state index in [0.29, 0.717) is 0 Å². The number of aliphatic hydroxyl groups is 2. The van der Waals surface area contributed by atoms with Gasteiger partial charge in [0.05, 0.1) is 33.2 Å². The van der Waals surface area contributed by atoms with E-state index in [1.54, 1.807) is 0 Å². The molecule has 2 bridgehead atoms. The van der Waals surface area contributed by atoms with Gasteiger partial charge in [-0.25, -0.2) is 28.2 Å². The molecule has 0 radical (unpaired) electrons. The number of aliphatic hydroxyl groups excluding tert-OH is 2. The fraction of sp³-hybridized carbons (Fsp3) is 0.583. The van der Waals surface area contributed by atoms with Gasteiger partial charge in [-0.05, 0) is 6.92 Å². The molecule has 7 rings (SSSR count). The lowest BCUT2D eigenvalue weighted by Crippen LogP contribution is -2.50. The molecule has 0 aromatic carbocycles. The van der Waals surface area contributed by atoms with E-state index in [1.165, 1.54) is 47.4 Å². The molecule has 3 fully saturated rings. The largest absolute Gasteiger partial charge is 0.490 e. The third-order valence-electron chi connectivity index (χ3n) is 8.76. The van der Waals surface area contributed by atoms with Crippen LogP contribution < -0.4 is 21.4 Å². The van der Waals surface area contributed by atoms with Crippen LogP contribution in [0.15, 0.2) is 22.2 Å². The van der Waals surface area contributed by atoms with Gasteiger partial charge in [-0.3, -0.25) is 32.8 Å². The normalized spacial score (nSPS) is 31.6. The van der Waals surface area contributed by atoms with Gasteiger partial charge in [0.15, 0.2) is 23.7 Å². The third kappa shape index (κ3) is 7.00. The zero-order valence-electron chi connectivity index (χ0n) is 28.0. The number of nitrogens with one attached hydrogen (secondary N) is 2. The maximum atomic E-state index is 12.8. The molecular formula is C24H33N9O18P3+. The Morgan fingerprint density at radius 2 is 1.78 bits per heavy atom. The number of methoxy groups -OCH3 is 1. The predicted octanol–water partition coefficient (Wildman–Crippen LogP) is -2.76. The molecule has 3 aliphatic rings. The summed E-state index contributed by atoms with van der Waals surface area (Å²) in [4.78, 5) is 72.4. The highest BCUT2D eigenvalue weighted by Crippen LogP contribution is 2.68. The van der Waals surface area contributed by atoms with Crippen molar-refractivity contribution in [1.29, 1.82) is 0 Å². The molecule has 27 nitrogen and oxygen atoms in total. The third-order valence-corrected chi connectivity index (χ3v) is 13.0. The van der Waals surface area contributed by atoms with Gasteiger partial charge in [-0.2, -0.15) is 8.62 Å². The van der Waals surface area contributed by atoms with Crippen LogP contribution in [0.4, 0.5) is 5.95 Å². The van der Waals surface area contributed by atoms with Gasteiger partial charge in [0.1, 0.15) is 41.9 Å². The number of phosphoric acid groups is 3. The van der Waals surface area contributed by atoms with Crippen molar-refractivity contribution >= 4 is 51.7 Å². The van der Waals surface area contributed by atoms with E-state index in [9.17, 15) is 48.2 Å². The van der Waals surface area contributed by atoms with Gasteiger partial charge in [-0.1, -0.05) is 4.98 Å². The quantitative estimate of drug-likeness (QED) is 0.0500. The number of hydrogen-bond donors (Lipinski definition) is 8. The van der Waals surface area contributed by atoms with Gasteiger partial charge in [-0.15, -0.1) is 0 Å². The van der Waals surface area contributed by atoms with Gasteiger partial charge in [0.25, 0.3) is 17.1 Å². The molecule has 0 amide bonds. The molecule has 0 spiro atoms. The first kappa shape index (κ1) is 38.9. The molecule has 9 N–H and O–H groups in total. The number of fused-ring (bicyclic) bond motifs is 4. The molecule has 0 aliphatic carbocycles. The highest BCUT2D eigenvalue weighted by atomic mass is 31.3. The maximum absolute atomic E-state index is 12.8. The Labute approximate surface area is 300 Å². The van der Waals surface area contributed by atoms with Crippen molar-refractivity contribution in [3.63, 3.8) is 0 Å². The summed E-state index contributed by atoms with van der Waals surface area (Å²) in [7, 11) is -14.5. The van der Waals surface area contributed by atoms with Crippen LogP contribution in [-0.4, -0.2) is 122 Å². The number of rotatable bonds is 13. The monoisotopic (exact) mass is 828 g/mol.